The van der Waals surface area contributed by atoms with Crippen LogP contribution in [0.5, 0.6) is 0 Å². The summed E-state index contributed by atoms with van der Waals surface area (Å²) in [4.78, 5) is 2.74. The SMILES string of the molecule is CC1N2CC[C@]1(C)C1CCCC1C2. The Kier molecular flexibility index (Phi) is 1.59. The Morgan fingerprint density at radius 3 is 3.00 bits per heavy atom. The third-order valence-electron chi connectivity index (χ3n) is 5.41. The molecule has 4 unspecified atom stereocenters. The normalized spacial score (nSPS) is 59.5. The lowest BCUT2D eigenvalue weighted by molar-refractivity contribution is 0.0255. The van der Waals surface area contributed by atoms with Crippen LogP contribution in [0.25, 0.3) is 0 Å². The summed E-state index contributed by atoms with van der Waals surface area (Å²) in [5, 5.41) is 0. The monoisotopic (exact) mass is 179 g/mol. The van der Waals surface area contributed by atoms with Crippen molar-refractivity contribution in [3.05, 3.63) is 0 Å². The Morgan fingerprint density at radius 2 is 2.15 bits per heavy atom. The van der Waals surface area contributed by atoms with Gasteiger partial charge in [0.15, 0.2) is 0 Å². The van der Waals surface area contributed by atoms with Crippen molar-refractivity contribution in [2.24, 2.45) is 17.3 Å². The van der Waals surface area contributed by atoms with Gasteiger partial charge in [0.05, 0.1) is 0 Å². The molecule has 0 aromatic carbocycles. The third-order valence-corrected chi connectivity index (χ3v) is 5.41. The number of hydrogen-bond acceptors (Lipinski definition) is 1. The second-order valence-corrected chi connectivity index (χ2v) is 5.72. The Labute approximate surface area is 81.5 Å². The van der Waals surface area contributed by atoms with Gasteiger partial charge in [-0.3, -0.25) is 4.90 Å². The highest BCUT2D eigenvalue weighted by Gasteiger charge is 2.54. The minimum absolute atomic E-state index is 0.680. The van der Waals surface area contributed by atoms with Crippen LogP contribution in [0.3, 0.4) is 0 Å². The molecule has 0 spiro atoms. The van der Waals surface area contributed by atoms with Gasteiger partial charge in [-0.15, -0.1) is 0 Å². The lowest BCUT2D eigenvalue weighted by Crippen LogP contribution is -2.49. The summed E-state index contributed by atoms with van der Waals surface area (Å²) in [6, 6.07) is 0.867. The first-order valence-electron chi connectivity index (χ1n) is 5.96. The molecule has 2 bridgehead atoms. The van der Waals surface area contributed by atoms with Crippen LogP contribution in [0.4, 0.5) is 0 Å². The highest BCUT2D eigenvalue weighted by molar-refractivity contribution is 5.06. The molecule has 13 heavy (non-hydrogen) atoms. The molecule has 74 valence electrons. The van der Waals surface area contributed by atoms with Gasteiger partial charge in [-0.2, -0.15) is 0 Å². The standard InChI is InChI=1S/C12H21N/c1-9-12(2)6-7-13(9)8-10-4-3-5-11(10)12/h9-11H,3-8H2,1-2H3/t9?,10?,11?,12-/m0/s1. The zero-order chi connectivity index (χ0) is 9.05. The second kappa shape index (κ2) is 2.50. The highest BCUT2D eigenvalue weighted by atomic mass is 15.2. The minimum Gasteiger partial charge on any atom is -0.300 e. The highest BCUT2D eigenvalue weighted by Crippen LogP contribution is 2.55. The molecular weight excluding hydrogens is 158 g/mol. The first-order chi connectivity index (χ1) is 6.22. The quantitative estimate of drug-likeness (QED) is 0.552. The minimum atomic E-state index is 0.680. The molecule has 2 aliphatic heterocycles. The van der Waals surface area contributed by atoms with E-state index in [2.05, 4.69) is 18.7 Å². The first-order valence-corrected chi connectivity index (χ1v) is 5.96. The number of rotatable bonds is 0. The Hall–Kier alpha value is -0.0400. The fourth-order valence-electron chi connectivity index (χ4n) is 4.37. The van der Waals surface area contributed by atoms with Gasteiger partial charge in [0.2, 0.25) is 0 Å². The zero-order valence-corrected chi connectivity index (χ0v) is 8.92. The van der Waals surface area contributed by atoms with Crippen LogP contribution >= 0.6 is 0 Å². The van der Waals surface area contributed by atoms with Gasteiger partial charge in [-0.25, -0.2) is 0 Å². The number of nitrogens with zero attached hydrogens (tertiary/aromatic N) is 1. The van der Waals surface area contributed by atoms with Crippen LogP contribution in [0.15, 0.2) is 0 Å². The van der Waals surface area contributed by atoms with Crippen LogP contribution in [-0.2, 0) is 0 Å². The van der Waals surface area contributed by atoms with Crippen molar-refractivity contribution in [2.45, 2.75) is 45.6 Å². The predicted molar refractivity (Wildman–Crippen MR) is 54.6 cm³/mol. The van der Waals surface area contributed by atoms with E-state index in [1.807, 2.05) is 0 Å². The topological polar surface area (TPSA) is 3.24 Å². The van der Waals surface area contributed by atoms with E-state index in [-0.39, 0.29) is 0 Å². The summed E-state index contributed by atoms with van der Waals surface area (Å²) < 4.78 is 0. The molecule has 5 atom stereocenters. The molecule has 1 aliphatic carbocycles. The molecule has 0 N–H and O–H groups in total. The predicted octanol–water partition coefficient (Wildman–Crippen LogP) is 2.52. The summed E-state index contributed by atoms with van der Waals surface area (Å²) in [7, 11) is 0. The van der Waals surface area contributed by atoms with Crippen molar-refractivity contribution in [1.29, 1.82) is 0 Å². The zero-order valence-electron chi connectivity index (χ0n) is 8.92. The van der Waals surface area contributed by atoms with Crippen molar-refractivity contribution >= 4 is 0 Å². The van der Waals surface area contributed by atoms with Crippen molar-refractivity contribution in [3.8, 4) is 0 Å². The molecule has 0 radical (unpaired) electrons. The number of piperidine rings is 1. The molecule has 1 nitrogen and oxygen atoms in total. The number of hydrogen-bond donors (Lipinski definition) is 0. The lowest BCUT2D eigenvalue weighted by atomic mass is 9.66. The van der Waals surface area contributed by atoms with Crippen LogP contribution in [0.1, 0.15) is 39.5 Å². The lowest BCUT2D eigenvalue weighted by Gasteiger charge is -2.46. The maximum atomic E-state index is 2.74. The van der Waals surface area contributed by atoms with E-state index in [0.717, 1.165) is 17.9 Å². The molecule has 2 saturated heterocycles. The van der Waals surface area contributed by atoms with Crippen LogP contribution in [0.2, 0.25) is 0 Å². The van der Waals surface area contributed by atoms with Crippen molar-refractivity contribution in [1.82, 2.24) is 4.90 Å². The third kappa shape index (κ3) is 0.918. The second-order valence-electron chi connectivity index (χ2n) is 5.72. The van der Waals surface area contributed by atoms with Gasteiger partial charge in [-0.05, 0) is 50.0 Å². The molecule has 3 aliphatic rings. The molecular formula is C12H21N. The van der Waals surface area contributed by atoms with Gasteiger partial charge >= 0.3 is 0 Å². The largest absolute Gasteiger partial charge is 0.300 e. The Morgan fingerprint density at radius 1 is 1.31 bits per heavy atom. The maximum Gasteiger partial charge on any atom is 0.0124 e. The maximum absolute atomic E-state index is 2.74. The van der Waals surface area contributed by atoms with Gasteiger partial charge in [0.1, 0.15) is 0 Å². The van der Waals surface area contributed by atoms with E-state index in [4.69, 9.17) is 0 Å². The molecule has 2 heterocycles. The summed E-state index contributed by atoms with van der Waals surface area (Å²) >= 11 is 0. The Bertz CT molecular complexity index is 225. The van der Waals surface area contributed by atoms with E-state index in [9.17, 15) is 0 Å². The van der Waals surface area contributed by atoms with E-state index < -0.39 is 0 Å². The summed E-state index contributed by atoms with van der Waals surface area (Å²) in [6.45, 7) is 7.81. The van der Waals surface area contributed by atoms with E-state index in [0.29, 0.717) is 5.41 Å². The van der Waals surface area contributed by atoms with Crippen LogP contribution in [-0.4, -0.2) is 24.0 Å². The molecule has 1 saturated carbocycles. The fourth-order valence-corrected chi connectivity index (χ4v) is 4.37. The van der Waals surface area contributed by atoms with Gasteiger partial charge in [0, 0.05) is 12.6 Å². The molecule has 3 rings (SSSR count). The van der Waals surface area contributed by atoms with Gasteiger partial charge in [0.25, 0.3) is 0 Å². The van der Waals surface area contributed by atoms with Gasteiger partial charge in [-0.1, -0.05) is 13.3 Å². The van der Waals surface area contributed by atoms with Crippen molar-refractivity contribution in [2.75, 3.05) is 13.1 Å². The van der Waals surface area contributed by atoms with E-state index >= 15 is 0 Å². The van der Waals surface area contributed by atoms with E-state index in [1.54, 1.807) is 0 Å². The Balaban J connectivity index is 1.96. The molecule has 3 fully saturated rings. The summed E-state index contributed by atoms with van der Waals surface area (Å²) in [5.74, 6) is 2.13. The van der Waals surface area contributed by atoms with Crippen LogP contribution < -0.4 is 0 Å². The molecule has 0 amide bonds. The van der Waals surface area contributed by atoms with Crippen molar-refractivity contribution in [3.63, 3.8) is 0 Å². The average Bonchev–Trinajstić information content (AvgIpc) is 2.64. The number of fused-ring (bicyclic) bond motifs is 4. The van der Waals surface area contributed by atoms with E-state index in [1.165, 1.54) is 38.8 Å². The average molecular weight is 179 g/mol. The fraction of sp³-hybridized carbons (Fsp3) is 1.00. The molecule has 1 heteroatoms. The van der Waals surface area contributed by atoms with Crippen molar-refractivity contribution < 1.29 is 0 Å². The van der Waals surface area contributed by atoms with Crippen LogP contribution in [0, 0.1) is 17.3 Å². The molecule has 0 aromatic rings. The van der Waals surface area contributed by atoms with Gasteiger partial charge < -0.3 is 0 Å². The smallest absolute Gasteiger partial charge is 0.0124 e. The summed E-state index contributed by atoms with van der Waals surface area (Å²) in [5.41, 5.74) is 0.680. The summed E-state index contributed by atoms with van der Waals surface area (Å²) in [6.07, 6.45) is 6.02. The first kappa shape index (κ1) is 8.28. The molecule has 0 aromatic heterocycles.